The van der Waals surface area contributed by atoms with Gasteiger partial charge in [0.25, 0.3) is 0 Å². The van der Waals surface area contributed by atoms with Crippen molar-refractivity contribution in [3.8, 4) is 0 Å². The second-order valence-corrected chi connectivity index (χ2v) is 3.04. The third kappa shape index (κ3) is 3.47. The number of anilines is 1. The second kappa shape index (κ2) is 5.26. The Bertz CT molecular complexity index is 296. The van der Waals surface area contributed by atoms with E-state index < -0.39 is 0 Å². The molecule has 0 atom stereocenters. The Morgan fingerprint density at radius 1 is 1.64 bits per heavy atom. The van der Waals surface area contributed by atoms with Gasteiger partial charge in [0.1, 0.15) is 5.82 Å². The number of aryl methyl sites for hydroxylation is 1. The first-order valence-corrected chi connectivity index (χ1v) is 4.58. The van der Waals surface area contributed by atoms with Crippen molar-refractivity contribution in [2.45, 2.75) is 25.8 Å². The van der Waals surface area contributed by atoms with Crippen LogP contribution in [0.3, 0.4) is 0 Å². The molecule has 1 aromatic rings. The van der Waals surface area contributed by atoms with E-state index in [1.807, 2.05) is 6.20 Å². The van der Waals surface area contributed by atoms with E-state index in [-0.39, 0.29) is 5.97 Å². The van der Waals surface area contributed by atoms with Gasteiger partial charge in [0, 0.05) is 19.2 Å². The van der Waals surface area contributed by atoms with Gasteiger partial charge in [-0.3, -0.25) is 9.48 Å². The molecule has 2 N–H and O–H groups in total. The summed E-state index contributed by atoms with van der Waals surface area (Å²) in [6, 6.07) is 1.75. The number of hydrogen-bond acceptors (Lipinski definition) is 4. The van der Waals surface area contributed by atoms with Crippen molar-refractivity contribution in [2.24, 2.45) is 0 Å². The predicted octanol–water partition coefficient (Wildman–Crippen LogP) is 0.809. The average molecular weight is 197 g/mol. The van der Waals surface area contributed by atoms with Gasteiger partial charge in [0.15, 0.2) is 0 Å². The van der Waals surface area contributed by atoms with Crippen LogP contribution in [0.25, 0.3) is 0 Å². The second-order valence-electron chi connectivity index (χ2n) is 3.04. The molecule has 0 spiro atoms. The fourth-order valence-electron chi connectivity index (χ4n) is 1.15. The Balaban J connectivity index is 2.13. The highest BCUT2D eigenvalue weighted by molar-refractivity contribution is 5.68. The van der Waals surface area contributed by atoms with E-state index in [0.717, 1.165) is 19.4 Å². The number of ether oxygens (including phenoxy) is 1. The number of unbranched alkanes of at least 4 members (excludes halogenated alkanes) is 1. The Kier molecular flexibility index (Phi) is 3.97. The molecule has 1 heterocycles. The lowest BCUT2D eigenvalue weighted by Crippen LogP contribution is -2.03. The lowest BCUT2D eigenvalue weighted by atomic mass is 10.2. The van der Waals surface area contributed by atoms with Crippen molar-refractivity contribution < 1.29 is 9.53 Å². The molecule has 0 aromatic carbocycles. The number of methoxy groups -OCH3 is 1. The predicted molar refractivity (Wildman–Crippen MR) is 52.5 cm³/mol. The summed E-state index contributed by atoms with van der Waals surface area (Å²) >= 11 is 0. The zero-order valence-electron chi connectivity index (χ0n) is 8.27. The third-order valence-corrected chi connectivity index (χ3v) is 1.91. The maximum absolute atomic E-state index is 10.8. The van der Waals surface area contributed by atoms with E-state index in [0.29, 0.717) is 12.2 Å². The minimum atomic E-state index is -0.162. The third-order valence-electron chi connectivity index (χ3n) is 1.91. The van der Waals surface area contributed by atoms with Crippen LogP contribution < -0.4 is 5.73 Å². The maximum atomic E-state index is 10.8. The normalized spacial score (nSPS) is 10.1. The van der Waals surface area contributed by atoms with Crippen LogP contribution in [0.5, 0.6) is 0 Å². The quantitative estimate of drug-likeness (QED) is 0.560. The summed E-state index contributed by atoms with van der Waals surface area (Å²) in [6.07, 6.45) is 4.00. The molecule has 5 heteroatoms. The molecule has 5 nitrogen and oxygen atoms in total. The molecular weight excluding hydrogens is 182 g/mol. The minimum Gasteiger partial charge on any atom is -0.469 e. The number of rotatable bonds is 5. The lowest BCUT2D eigenvalue weighted by Gasteiger charge is -2.00. The summed E-state index contributed by atoms with van der Waals surface area (Å²) in [6.45, 7) is 0.786. The molecule has 0 saturated carbocycles. The highest BCUT2D eigenvalue weighted by Crippen LogP contribution is 2.01. The number of nitrogens with two attached hydrogens (primary N) is 1. The largest absolute Gasteiger partial charge is 0.469 e. The molecule has 0 aliphatic heterocycles. The Hall–Kier alpha value is -1.52. The number of esters is 1. The summed E-state index contributed by atoms with van der Waals surface area (Å²) in [5.74, 6) is 0.364. The van der Waals surface area contributed by atoms with Crippen LogP contribution in [0.4, 0.5) is 5.82 Å². The van der Waals surface area contributed by atoms with Gasteiger partial charge >= 0.3 is 5.97 Å². The molecule has 14 heavy (non-hydrogen) atoms. The molecule has 0 aliphatic carbocycles. The summed E-state index contributed by atoms with van der Waals surface area (Å²) in [5.41, 5.74) is 5.45. The number of nitrogen functional groups attached to an aromatic ring is 1. The van der Waals surface area contributed by atoms with Crippen molar-refractivity contribution in [1.82, 2.24) is 9.78 Å². The van der Waals surface area contributed by atoms with Crippen molar-refractivity contribution >= 4 is 11.8 Å². The van der Waals surface area contributed by atoms with E-state index in [1.165, 1.54) is 7.11 Å². The van der Waals surface area contributed by atoms with Gasteiger partial charge < -0.3 is 10.5 Å². The molecule has 1 aromatic heterocycles. The Morgan fingerprint density at radius 3 is 3.00 bits per heavy atom. The van der Waals surface area contributed by atoms with E-state index in [4.69, 9.17) is 5.73 Å². The molecule has 0 unspecified atom stereocenters. The number of carbonyl (C=O) groups is 1. The topological polar surface area (TPSA) is 70.1 Å². The van der Waals surface area contributed by atoms with Gasteiger partial charge in [-0.25, -0.2) is 0 Å². The molecule has 78 valence electrons. The molecule has 1 rings (SSSR count). The van der Waals surface area contributed by atoms with Crippen LogP contribution in [0.2, 0.25) is 0 Å². The smallest absolute Gasteiger partial charge is 0.305 e. The van der Waals surface area contributed by atoms with Crippen molar-refractivity contribution in [3.05, 3.63) is 12.3 Å². The standard InChI is InChI=1S/C9H15N3O2/c1-14-9(13)4-2-3-6-12-7-5-8(10)11-12/h5,7H,2-4,6H2,1H3,(H2,10,11). The Morgan fingerprint density at radius 2 is 2.43 bits per heavy atom. The SMILES string of the molecule is COC(=O)CCCCn1ccc(N)n1. The summed E-state index contributed by atoms with van der Waals surface area (Å²) in [4.78, 5) is 10.8. The minimum absolute atomic E-state index is 0.162. The molecule has 0 bridgehead atoms. The van der Waals surface area contributed by atoms with E-state index in [9.17, 15) is 4.79 Å². The van der Waals surface area contributed by atoms with E-state index in [2.05, 4.69) is 9.84 Å². The van der Waals surface area contributed by atoms with Crippen LogP contribution in [-0.4, -0.2) is 22.9 Å². The lowest BCUT2D eigenvalue weighted by molar-refractivity contribution is -0.140. The number of aromatic nitrogens is 2. The van der Waals surface area contributed by atoms with Crippen molar-refractivity contribution in [2.75, 3.05) is 12.8 Å². The van der Waals surface area contributed by atoms with Crippen LogP contribution in [0, 0.1) is 0 Å². The Labute approximate surface area is 82.8 Å². The first-order valence-electron chi connectivity index (χ1n) is 4.58. The number of hydrogen-bond donors (Lipinski definition) is 1. The van der Waals surface area contributed by atoms with Crippen LogP contribution in [0.15, 0.2) is 12.3 Å². The monoisotopic (exact) mass is 197 g/mol. The molecule has 0 radical (unpaired) electrons. The van der Waals surface area contributed by atoms with Gasteiger partial charge in [-0.15, -0.1) is 0 Å². The maximum Gasteiger partial charge on any atom is 0.305 e. The van der Waals surface area contributed by atoms with Gasteiger partial charge in [-0.05, 0) is 18.9 Å². The molecule has 0 amide bonds. The summed E-state index contributed by atoms with van der Waals surface area (Å²) < 4.78 is 6.30. The van der Waals surface area contributed by atoms with E-state index in [1.54, 1.807) is 10.7 Å². The van der Waals surface area contributed by atoms with E-state index >= 15 is 0 Å². The first-order chi connectivity index (χ1) is 6.72. The van der Waals surface area contributed by atoms with Crippen molar-refractivity contribution in [1.29, 1.82) is 0 Å². The van der Waals surface area contributed by atoms with Crippen LogP contribution >= 0.6 is 0 Å². The zero-order chi connectivity index (χ0) is 10.4. The van der Waals surface area contributed by atoms with Gasteiger partial charge in [0.2, 0.25) is 0 Å². The summed E-state index contributed by atoms with van der Waals surface area (Å²) in [7, 11) is 1.40. The number of nitrogens with zero attached hydrogens (tertiary/aromatic N) is 2. The van der Waals surface area contributed by atoms with Gasteiger partial charge in [0.05, 0.1) is 7.11 Å². The van der Waals surface area contributed by atoms with Crippen molar-refractivity contribution in [3.63, 3.8) is 0 Å². The van der Waals surface area contributed by atoms with Gasteiger partial charge in [-0.1, -0.05) is 0 Å². The fraction of sp³-hybridized carbons (Fsp3) is 0.556. The highest BCUT2D eigenvalue weighted by atomic mass is 16.5. The number of carbonyl (C=O) groups excluding carboxylic acids is 1. The molecule has 0 aliphatic rings. The molecular formula is C9H15N3O2. The molecule has 0 fully saturated rings. The first kappa shape index (κ1) is 10.6. The zero-order valence-corrected chi connectivity index (χ0v) is 8.27. The molecule has 0 saturated heterocycles. The van der Waals surface area contributed by atoms with Crippen LogP contribution in [0.1, 0.15) is 19.3 Å². The fourth-order valence-corrected chi connectivity index (χ4v) is 1.15. The average Bonchev–Trinajstić information content (AvgIpc) is 2.58. The van der Waals surface area contributed by atoms with Crippen LogP contribution in [-0.2, 0) is 16.1 Å². The van der Waals surface area contributed by atoms with Gasteiger partial charge in [-0.2, -0.15) is 5.10 Å². The summed E-state index contributed by atoms with van der Waals surface area (Å²) in [5, 5.41) is 4.03. The highest BCUT2D eigenvalue weighted by Gasteiger charge is 1.99.